The predicted molar refractivity (Wildman–Crippen MR) is 94.7 cm³/mol. The lowest BCUT2D eigenvalue weighted by Gasteiger charge is -2.37. The van der Waals surface area contributed by atoms with Gasteiger partial charge in [0.1, 0.15) is 5.01 Å². The number of piperidine rings is 1. The summed E-state index contributed by atoms with van der Waals surface area (Å²) in [6, 6.07) is 7.62. The summed E-state index contributed by atoms with van der Waals surface area (Å²) in [6.45, 7) is 4.38. The van der Waals surface area contributed by atoms with Gasteiger partial charge >= 0.3 is 0 Å². The number of nitrogens with zero attached hydrogens (tertiary/aromatic N) is 2. The van der Waals surface area contributed by atoms with Gasteiger partial charge in [-0.15, -0.1) is 11.3 Å². The standard InChI is InChI=1S/C18H21N3O2S/c1-11-10-24-17(20-11)13-5-7-14(8-6-13)18(23)21-9-15(16(19)22)4-3-12(21)2/h5-8,10,12,15H,3-4,9H2,1-2H3,(H2,19,22)/t12-,15+/m1/s1. The first kappa shape index (κ1) is 16.6. The van der Waals surface area contributed by atoms with Gasteiger partial charge in [0.25, 0.3) is 5.91 Å². The van der Waals surface area contributed by atoms with Crippen molar-refractivity contribution in [2.24, 2.45) is 11.7 Å². The third-order valence-electron chi connectivity index (χ3n) is 4.54. The molecule has 0 unspecified atom stereocenters. The fourth-order valence-corrected chi connectivity index (χ4v) is 3.83. The molecule has 0 aliphatic carbocycles. The normalized spacial score (nSPS) is 20.8. The average Bonchev–Trinajstić information content (AvgIpc) is 3.01. The summed E-state index contributed by atoms with van der Waals surface area (Å²) >= 11 is 1.59. The number of aryl methyl sites for hydroxylation is 1. The SMILES string of the molecule is Cc1csc(-c2ccc(C(=O)N3C[C@@H](C(N)=O)CC[C@H]3C)cc2)n1. The minimum atomic E-state index is -0.325. The molecule has 2 heterocycles. The maximum absolute atomic E-state index is 12.8. The summed E-state index contributed by atoms with van der Waals surface area (Å²) in [5, 5.41) is 2.96. The number of thiazole rings is 1. The summed E-state index contributed by atoms with van der Waals surface area (Å²) in [5.41, 5.74) is 8.05. The number of carbonyl (C=O) groups excluding carboxylic acids is 2. The highest BCUT2D eigenvalue weighted by atomic mass is 32.1. The minimum absolute atomic E-state index is 0.0460. The molecule has 2 aromatic rings. The van der Waals surface area contributed by atoms with Crippen LogP contribution in [0.3, 0.4) is 0 Å². The van der Waals surface area contributed by atoms with Gasteiger partial charge in [-0.1, -0.05) is 12.1 Å². The van der Waals surface area contributed by atoms with Crippen molar-refractivity contribution in [3.8, 4) is 10.6 Å². The van der Waals surface area contributed by atoms with E-state index in [1.54, 1.807) is 16.2 Å². The molecular formula is C18H21N3O2S. The van der Waals surface area contributed by atoms with Crippen LogP contribution in [0, 0.1) is 12.8 Å². The Kier molecular flexibility index (Phi) is 4.66. The molecule has 0 spiro atoms. The molecule has 0 radical (unpaired) electrons. The molecule has 2 amide bonds. The third kappa shape index (κ3) is 3.33. The Bertz CT molecular complexity index is 754. The fraction of sp³-hybridized carbons (Fsp3) is 0.389. The molecule has 126 valence electrons. The quantitative estimate of drug-likeness (QED) is 0.931. The van der Waals surface area contributed by atoms with Gasteiger partial charge in [-0.2, -0.15) is 0 Å². The first-order chi connectivity index (χ1) is 11.5. The van der Waals surface area contributed by atoms with Gasteiger partial charge in [0.2, 0.25) is 5.91 Å². The lowest BCUT2D eigenvalue weighted by Crippen LogP contribution is -2.48. The number of likely N-dealkylation sites (tertiary alicyclic amines) is 1. The molecule has 2 atom stereocenters. The molecule has 1 fully saturated rings. The Morgan fingerprint density at radius 3 is 2.54 bits per heavy atom. The van der Waals surface area contributed by atoms with Gasteiger partial charge in [-0.25, -0.2) is 4.98 Å². The van der Waals surface area contributed by atoms with Crippen LogP contribution in [0.1, 0.15) is 35.8 Å². The monoisotopic (exact) mass is 343 g/mol. The van der Waals surface area contributed by atoms with Crippen LogP contribution < -0.4 is 5.73 Å². The van der Waals surface area contributed by atoms with Crippen LogP contribution in [0.15, 0.2) is 29.6 Å². The van der Waals surface area contributed by atoms with E-state index in [9.17, 15) is 9.59 Å². The first-order valence-corrected chi connectivity index (χ1v) is 8.96. The summed E-state index contributed by atoms with van der Waals surface area (Å²) in [7, 11) is 0. The zero-order chi connectivity index (χ0) is 17.3. The van der Waals surface area contributed by atoms with E-state index in [-0.39, 0.29) is 23.8 Å². The zero-order valence-corrected chi connectivity index (χ0v) is 14.7. The van der Waals surface area contributed by atoms with E-state index in [1.807, 2.05) is 43.5 Å². The molecule has 1 aromatic carbocycles. The molecule has 5 nitrogen and oxygen atoms in total. The van der Waals surface area contributed by atoms with E-state index < -0.39 is 0 Å². The highest BCUT2D eigenvalue weighted by molar-refractivity contribution is 7.13. The summed E-state index contributed by atoms with van der Waals surface area (Å²) in [4.78, 5) is 30.5. The summed E-state index contributed by atoms with van der Waals surface area (Å²) in [5.74, 6) is -0.618. The number of aromatic nitrogens is 1. The second-order valence-corrected chi connectivity index (χ2v) is 7.21. The Morgan fingerprint density at radius 1 is 1.25 bits per heavy atom. The van der Waals surface area contributed by atoms with Crippen LogP contribution in [-0.2, 0) is 4.79 Å². The second kappa shape index (κ2) is 6.73. The Labute approximate surface area is 145 Å². The van der Waals surface area contributed by atoms with Gasteiger partial charge in [-0.05, 0) is 38.8 Å². The molecule has 3 rings (SSSR count). The maximum atomic E-state index is 12.8. The number of benzene rings is 1. The average molecular weight is 343 g/mol. The minimum Gasteiger partial charge on any atom is -0.369 e. The molecule has 2 N–H and O–H groups in total. The van der Waals surface area contributed by atoms with Crippen molar-refractivity contribution in [3.63, 3.8) is 0 Å². The Balaban J connectivity index is 1.78. The molecule has 1 saturated heterocycles. The highest BCUT2D eigenvalue weighted by Crippen LogP contribution is 2.26. The second-order valence-electron chi connectivity index (χ2n) is 6.35. The number of carbonyl (C=O) groups is 2. The summed E-state index contributed by atoms with van der Waals surface area (Å²) in [6.07, 6.45) is 1.55. The van der Waals surface area contributed by atoms with Crippen LogP contribution >= 0.6 is 11.3 Å². The van der Waals surface area contributed by atoms with Crippen molar-refractivity contribution in [2.75, 3.05) is 6.54 Å². The topological polar surface area (TPSA) is 76.3 Å². The number of nitrogens with two attached hydrogens (primary N) is 1. The van der Waals surface area contributed by atoms with Gasteiger partial charge in [-0.3, -0.25) is 9.59 Å². The van der Waals surface area contributed by atoms with Crippen LogP contribution in [0.4, 0.5) is 0 Å². The van der Waals surface area contributed by atoms with Gasteiger partial charge in [0.05, 0.1) is 5.92 Å². The van der Waals surface area contributed by atoms with Gasteiger partial charge in [0.15, 0.2) is 0 Å². The molecule has 6 heteroatoms. The molecule has 0 saturated carbocycles. The molecular weight excluding hydrogens is 322 g/mol. The molecule has 0 bridgehead atoms. The Morgan fingerprint density at radius 2 is 1.96 bits per heavy atom. The van der Waals surface area contributed by atoms with E-state index in [4.69, 9.17) is 5.73 Å². The number of amides is 2. The van der Waals surface area contributed by atoms with Crippen LogP contribution in [0.2, 0.25) is 0 Å². The zero-order valence-electron chi connectivity index (χ0n) is 13.9. The number of rotatable bonds is 3. The third-order valence-corrected chi connectivity index (χ3v) is 5.55. The highest BCUT2D eigenvalue weighted by Gasteiger charge is 2.32. The van der Waals surface area contributed by atoms with Crippen molar-refractivity contribution in [1.82, 2.24) is 9.88 Å². The lowest BCUT2D eigenvalue weighted by molar-refractivity contribution is -0.123. The number of primary amides is 1. The molecule has 1 aromatic heterocycles. The maximum Gasteiger partial charge on any atom is 0.254 e. The predicted octanol–water partition coefficient (Wildman–Crippen LogP) is 2.84. The smallest absolute Gasteiger partial charge is 0.254 e. The lowest BCUT2D eigenvalue weighted by atomic mass is 9.92. The molecule has 24 heavy (non-hydrogen) atoms. The van der Waals surface area contributed by atoms with E-state index >= 15 is 0 Å². The van der Waals surface area contributed by atoms with Crippen molar-refractivity contribution in [1.29, 1.82) is 0 Å². The van der Waals surface area contributed by atoms with Gasteiger partial charge in [0, 0.05) is 34.8 Å². The van der Waals surface area contributed by atoms with E-state index in [0.29, 0.717) is 12.1 Å². The van der Waals surface area contributed by atoms with Crippen molar-refractivity contribution in [2.45, 2.75) is 32.7 Å². The van der Waals surface area contributed by atoms with E-state index in [2.05, 4.69) is 4.98 Å². The van der Waals surface area contributed by atoms with E-state index in [0.717, 1.165) is 29.1 Å². The van der Waals surface area contributed by atoms with Crippen LogP contribution in [0.5, 0.6) is 0 Å². The molecule has 1 aliphatic heterocycles. The van der Waals surface area contributed by atoms with Crippen molar-refractivity contribution in [3.05, 3.63) is 40.9 Å². The Hall–Kier alpha value is -2.21. The van der Waals surface area contributed by atoms with Crippen molar-refractivity contribution >= 4 is 23.2 Å². The number of hydrogen-bond acceptors (Lipinski definition) is 4. The van der Waals surface area contributed by atoms with Crippen LogP contribution in [0.25, 0.3) is 10.6 Å². The van der Waals surface area contributed by atoms with Crippen LogP contribution in [-0.4, -0.2) is 34.3 Å². The number of hydrogen-bond donors (Lipinski definition) is 1. The largest absolute Gasteiger partial charge is 0.369 e. The molecule has 1 aliphatic rings. The summed E-state index contributed by atoms with van der Waals surface area (Å²) < 4.78 is 0. The van der Waals surface area contributed by atoms with Gasteiger partial charge < -0.3 is 10.6 Å². The first-order valence-electron chi connectivity index (χ1n) is 8.08. The van der Waals surface area contributed by atoms with E-state index in [1.165, 1.54) is 0 Å². The van der Waals surface area contributed by atoms with Crippen molar-refractivity contribution < 1.29 is 9.59 Å². The fourth-order valence-electron chi connectivity index (χ4n) is 3.03.